The summed E-state index contributed by atoms with van der Waals surface area (Å²) in [6, 6.07) is 12.3. The van der Waals surface area contributed by atoms with Crippen LogP contribution in [0.25, 0.3) is 0 Å². The van der Waals surface area contributed by atoms with E-state index in [-0.39, 0.29) is 12.4 Å². The molecule has 0 aliphatic carbocycles. The fraction of sp³-hybridized carbons (Fsp3) is 0.200. The molecule has 0 atom stereocenters. The van der Waals surface area contributed by atoms with Gasteiger partial charge in [0.25, 0.3) is 0 Å². The molecule has 0 saturated heterocycles. The van der Waals surface area contributed by atoms with E-state index in [1.807, 2.05) is 31.3 Å². The Morgan fingerprint density at radius 3 is 2.53 bits per heavy atom. The molecule has 2 aromatic carbocycles. The Morgan fingerprint density at radius 2 is 1.89 bits per heavy atom. The van der Waals surface area contributed by atoms with Gasteiger partial charge in [-0.15, -0.1) is 0 Å². The highest BCUT2D eigenvalue weighted by molar-refractivity contribution is 6.31. The minimum absolute atomic E-state index is 0.122. The lowest BCUT2D eigenvalue weighted by Gasteiger charge is -2.09. The van der Waals surface area contributed by atoms with E-state index in [0.717, 1.165) is 6.54 Å². The monoisotopic (exact) mass is 279 g/mol. The lowest BCUT2D eigenvalue weighted by molar-refractivity contribution is 0.300. The van der Waals surface area contributed by atoms with Crippen molar-refractivity contribution in [3.8, 4) is 5.75 Å². The maximum atomic E-state index is 13.5. The Hall–Kier alpha value is -1.58. The first kappa shape index (κ1) is 13.8. The van der Waals surface area contributed by atoms with Crippen LogP contribution in [0.3, 0.4) is 0 Å². The molecule has 2 aromatic rings. The Labute approximate surface area is 117 Å². The van der Waals surface area contributed by atoms with Crippen LogP contribution in [-0.2, 0) is 13.2 Å². The van der Waals surface area contributed by atoms with Crippen LogP contribution < -0.4 is 10.1 Å². The van der Waals surface area contributed by atoms with E-state index >= 15 is 0 Å². The predicted molar refractivity (Wildman–Crippen MR) is 74.9 cm³/mol. The second-order valence-electron chi connectivity index (χ2n) is 4.16. The molecule has 0 unspecified atom stereocenters. The third-order valence-corrected chi connectivity index (χ3v) is 3.10. The van der Waals surface area contributed by atoms with Gasteiger partial charge in [0.15, 0.2) is 0 Å². The molecular formula is C15H15ClFNO. The van der Waals surface area contributed by atoms with E-state index in [0.29, 0.717) is 16.3 Å². The highest BCUT2D eigenvalue weighted by Crippen LogP contribution is 2.21. The average molecular weight is 280 g/mol. The molecule has 0 fully saturated rings. The maximum absolute atomic E-state index is 13.5. The second-order valence-corrected chi connectivity index (χ2v) is 4.57. The van der Waals surface area contributed by atoms with Crippen LogP contribution >= 0.6 is 11.6 Å². The molecular weight excluding hydrogens is 265 g/mol. The van der Waals surface area contributed by atoms with Gasteiger partial charge in [0.2, 0.25) is 0 Å². The first-order valence-electron chi connectivity index (χ1n) is 6.00. The van der Waals surface area contributed by atoms with Crippen LogP contribution in [0, 0.1) is 5.82 Å². The third-order valence-electron chi connectivity index (χ3n) is 2.75. The summed E-state index contributed by atoms with van der Waals surface area (Å²) in [5.41, 5.74) is 1.54. The molecule has 1 N–H and O–H groups in total. The Morgan fingerprint density at radius 1 is 1.16 bits per heavy atom. The zero-order valence-corrected chi connectivity index (χ0v) is 11.4. The van der Waals surface area contributed by atoms with E-state index in [9.17, 15) is 4.39 Å². The van der Waals surface area contributed by atoms with Gasteiger partial charge in [-0.2, -0.15) is 0 Å². The van der Waals surface area contributed by atoms with Gasteiger partial charge in [-0.05, 0) is 36.9 Å². The number of rotatable bonds is 5. The standard InChI is InChI=1S/C15H15ClFNO/c1-18-9-11-5-7-12(8-6-11)19-10-13-14(16)3-2-4-15(13)17/h2-8,18H,9-10H2,1H3. The molecule has 0 bridgehead atoms. The summed E-state index contributed by atoms with van der Waals surface area (Å²) in [6.07, 6.45) is 0. The fourth-order valence-electron chi connectivity index (χ4n) is 1.73. The van der Waals surface area contributed by atoms with Crippen LogP contribution in [0.4, 0.5) is 4.39 Å². The van der Waals surface area contributed by atoms with Gasteiger partial charge in [-0.3, -0.25) is 0 Å². The van der Waals surface area contributed by atoms with Crippen molar-refractivity contribution >= 4 is 11.6 Å². The highest BCUT2D eigenvalue weighted by Gasteiger charge is 2.07. The smallest absolute Gasteiger partial charge is 0.131 e. The van der Waals surface area contributed by atoms with Crippen molar-refractivity contribution < 1.29 is 9.13 Å². The van der Waals surface area contributed by atoms with Crippen LogP contribution in [0.2, 0.25) is 5.02 Å². The number of nitrogens with one attached hydrogen (secondary N) is 1. The molecule has 0 spiro atoms. The van der Waals surface area contributed by atoms with Crippen molar-refractivity contribution in [1.82, 2.24) is 5.32 Å². The van der Waals surface area contributed by atoms with Crippen LogP contribution in [0.15, 0.2) is 42.5 Å². The largest absolute Gasteiger partial charge is 0.489 e. The molecule has 2 rings (SSSR count). The lowest BCUT2D eigenvalue weighted by atomic mass is 10.2. The maximum Gasteiger partial charge on any atom is 0.131 e. The van der Waals surface area contributed by atoms with E-state index in [4.69, 9.17) is 16.3 Å². The van der Waals surface area contributed by atoms with Gasteiger partial charge in [0.05, 0.1) is 5.02 Å². The minimum Gasteiger partial charge on any atom is -0.489 e. The molecule has 0 radical (unpaired) electrons. The number of benzene rings is 2. The third kappa shape index (κ3) is 3.69. The van der Waals surface area contributed by atoms with Crippen molar-refractivity contribution in [2.24, 2.45) is 0 Å². The van der Waals surface area contributed by atoms with E-state index in [1.165, 1.54) is 11.6 Å². The summed E-state index contributed by atoms with van der Waals surface area (Å²) in [6.45, 7) is 0.927. The van der Waals surface area contributed by atoms with Crippen molar-refractivity contribution in [2.45, 2.75) is 13.2 Å². The van der Waals surface area contributed by atoms with Crippen LogP contribution in [0.1, 0.15) is 11.1 Å². The summed E-state index contributed by atoms with van der Waals surface area (Å²) in [5.74, 6) is 0.346. The number of hydrogen-bond donors (Lipinski definition) is 1. The predicted octanol–water partition coefficient (Wildman–Crippen LogP) is 3.78. The Kier molecular flexibility index (Phi) is 4.77. The SMILES string of the molecule is CNCc1ccc(OCc2c(F)cccc2Cl)cc1. The van der Waals surface area contributed by atoms with Gasteiger partial charge < -0.3 is 10.1 Å². The quantitative estimate of drug-likeness (QED) is 0.899. The molecule has 0 aromatic heterocycles. The molecule has 0 aliphatic rings. The molecule has 0 saturated carbocycles. The molecule has 4 heteroatoms. The lowest BCUT2D eigenvalue weighted by Crippen LogP contribution is -2.04. The minimum atomic E-state index is -0.348. The van der Waals surface area contributed by atoms with E-state index < -0.39 is 0 Å². The summed E-state index contributed by atoms with van der Waals surface area (Å²) in [7, 11) is 1.89. The zero-order valence-electron chi connectivity index (χ0n) is 10.6. The van der Waals surface area contributed by atoms with E-state index in [1.54, 1.807) is 12.1 Å². The van der Waals surface area contributed by atoms with Gasteiger partial charge in [-0.25, -0.2) is 4.39 Å². The number of ether oxygens (including phenoxy) is 1. The highest BCUT2D eigenvalue weighted by atomic mass is 35.5. The zero-order chi connectivity index (χ0) is 13.7. The summed E-state index contributed by atoms with van der Waals surface area (Å²) in [5, 5.41) is 3.45. The summed E-state index contributed by atoms with van der Waals surface area (Å²) < 4.78 is 19.1. The van der Waals surface area contributed by atoms with Gasteiger partial charge in [-0.1, -0.05) is 29.8 Å². The van der Waals surface area contributed by atoms with Crippen molar-refractivity contribution in [2.75, 3.05) is 7.05 Å². The molecule has 0 aliphatic heterocycles. The van der Waals surface area contributed by atoms with E-state index in [2.05, 4.69) is 5.32 Å². The van der Waals surface area contributed by atoms with Crippen LogP contribution in [0.5, 0.6) is 5.75 Å². The first-order chi connectivity index (χ1) is 9.20. The number of hydrogen-bond acceptors (Lipinski definition) is 2. The normalized spacial score (nSPS) is 10.5. The Balaban J connectivity index is 2.02. The van der Waals surface area contributed by atoms with Gasteiger partial charge >= 0.3 is 0 Å². The van der Waals surface area contributed by atoms with Gasteiger partial charge in [0.1, 0.15) is 18.2 Å². The van der Waals surface area contributed by atoms with Crippen LogP contribution in [-0.4, -0.2) is 7.05 Å². The average Bonchev–Trinajstić information content (AvgIpc) is 2.40. The topological polar surface area (TPSA) is 21.3 Å². The first-order valence-corrected chi connectivity index (χ1v) is 6.37. The second kappa shape index (κ2) is 6.55. The summed E-state index contributed by atoms with van der Waals surface area (Å²) in [4.78, 5) is 0. The summed E-state index contributed by atoms with van der Waals surface area (Å²) >= 11 is 5.93. The molecule has 0 heterocycles. The fourth-order valence-corrected chi connectivity index (χ4v) is 1.95. The molecule has 0 amide bonds. The molecule has 100 valence electrons. The van der Waals surface area contributed by atoms with Crippen molar-refractivity contribution in [3.63, 3.8) is 0 Å². The van der Waals surface area contributed by atoms with Crippen molar-refractivity contribution in [3.05, 3.63) is 64.4 Å². The molecule has 2 nitrogen and oxygen atoms in total. The van der Waals surface area contributed by atoms with Crippen molar-refractivity contribution in [1.29, 1.82) is 0 Å². The molecule has 19 heavy (non-hydrogen) atoms. The Bertz CT molecular complexity index is 522. The number of halogens is 2. The van der Waals surface area contributed by atoms with Gasteiger partial charge in [0, 0.05) is 12.1 Å².